The first-order chi connectivity index (χ1) is 19.0. The Morgan fingerprint density at radius 2 is 1.88 bits per heavy atom. The Bertz CT molecular complexity index is 1490. The lowest BCUT2D eigenvalue weighted by molar-refractivity contribution is -0.134. The summed E-state index contributed by atoms with van der Waals surface area (Å²) in [6.45, 7) is 3.81. The SMILES string of the molecule is C[C@@H]1CN([C@H](C)CO)C(=O)Cc2cc(NC(=O)Nc3cccc4ccccc34)ccc2O[C@H]1CN(C)S(C)(=O)=O. The molecule has 0 aromatic heterocycles. The molecule has 40 heavy (non-hydrogen) atoms. The number of aliphatic hydroxyl groups is 1. The molecule has 3 amide bonds. The first-order valence-corrected chi connectivity index (χ1v) is 15.0. The number of amides is 3. The molecule has 3 aromatic carbocycles. The molecule has 0 radical (unpaired) electrons. The van der Waals surface area contributed by atoms with Crippen molar-refractivity contribution in [2.24, 2.45) is 5.92 Å². The van der Waals surface area contributed by atoms with Crippen molar-refractivity contribution in [3.63, 3.8) is 0 Å². The molecule has 1 heterocycles. The number of hydrogen-bond acceptors (Lipinski definition) is 6. The number of fused-ring (bicyclic) bond motifs is 2. The molecule has 0 saturated carbocycles. The van der Waals surface area contributed by atoms with E-state index >= 15 is 0 Å². The fourth-order valence-electron chi connectivity index (χ4n) is 4.73. The van der Waals surface area contributed by atoms with Gasteiger partial charge in [-0.25, -0.2) is 17.5 Å². The van der Waals surface area contributed by atoms with E-state index in [0.29, 0.717) is 22.7 Å². The Balaban J connectivity index is 1.61. The van der Waals surface area contributed by atoms with Crippen molar-refractivity contribution >= 4 is 44.1 Å². The summed E-state index contributed by atoms with van der Waals surface area (Å²) < 4.78 is 31.8. The summed E-state index contributed by atoms with van der Waals surface area (Å²) in [6.07, 6.45) is 0.555. The van der Waals surface area contributed by atoms with Gasteiger partial charge in [-0.1, -0.05) is 43.3 Å². The zero-order chi connectivity index (χ0) is 29.0. The highest BCUT2D eigenvalue weighted by molar-refractivity contribution is 7.88. The van der Waals surface area contributed by atoms with E-state index in [4.69, 9.17) is 4.74 Å². The minimum Gasteiger partial charge on any atom is -0.488 e. The molecule has 11 heteroatoms. The average Bonchev–Trinajstić information content (AvgIpc) is 2.95. The van der Waals surface area contributed by atoms with Crippen LogP contribution in [0.4, 0.5) is 16.2 Å². The minimum atomic E-state index is -3.46. The number of carbonyl (C=O) groups excluding carboxylic acids is 2. The molecule has 0 spiro atoms. The van der Waals surface area contributed by atoms with E-state index in [1.54, 1.807) is 30.0 Å². The number of nitrogens with one attached hydrogen (secondary N) is 2. The van der Waals surface area contributed by atoms with Gasteiger partial charge < -0.3 is 25.4 Å². The van der Waals surface area contributed by atoms with E-state index in [9.17, 15) is 23.1 Å². The second-order valence-electron chi connectivity index (χ2n) is 10.4. The maximum Gasteiger partial charge on any atom is 0.323 e. The van der Waals surface area contributed by atoms with Crippen LogP contribution in [0.25, 0.3) is 10.8 Å². The van der Waals surface area contributed by atoms with Crippen molar-refractivity contribution in [3.05, 3.63) is 66.2 Å². The third kappa shape index (κ3) is 6.90. The third-order valence-corrected chi connectivity index (χ3v) is 8.50. The number of sulfonamides is 1. The number of carbonyl (C=O) groups is 2. The number of aliphatic hydroxyl groups excluding tert-OH is 1. The molecule has 3 atom stereocenters. The van der Waals surface area contributed by atoms with Crippen LogP contribution in [0.2, 0.25) is 0 Å². The van der Waals surface area contributed by atoms with Gasteiger partial charge in [0.25, 0.3) is 0 Å². The largest absolute Gasteiger partial charge is 0.488 e. The van der Waals surface area contributed by atoms with Crippen molar-refractivity contribution in [3.8, 4) is 5.75 Å². The van der Waals surface area contributed by atoms with E-state index < -0.39 is 28.2 Å². The monoisotopic (exact) mass is 568 g/mol. The zero-order valence-electron chi connectivity index (χ0n) is 23.1. The van der Waals surface area contributed by atoms with Gasteiger partial charge in [0.2, 0.25) is 15.9 Å². The predicted molar refractivity (Wildman–Crippen MR) is 156 cm³/mol. The highest BCUT2D eigenvalue weighted by Crippen LogP contribution is 2.30. The normalized spacial score (nSPS) is 18.8. The number of rotatable bonds is 7. The van der Waals surface area contributed by atoms with Crippen LogP contribution in [0.3, 0.4) is 0 Å². The number of benzene rings is 3. The van der Waals surface area contributed by atoms with E-state index in [-0.39, 0.29) is 37.9 Å². The zero-order valence-corrected chi connectivity index (χ0v) is 23.9. The van der Waals surface area contributed by atoms with E-state index in [0.717, 1.165) is 17.0 Å². The fourth-order valence-corrected chi connectivity index (χ4v) is 5.15. The van der Waals surface area contributed by atoms with Gasteiger partial charge in [0, 0.05) is 36.1 Å². The molecule has 3 N–H and O–H groups in total. The van der Waals surface area contributed by atoms with E-state index in [1.807, 2.05) is 49.4 Å². The highest BCUT2D eigenvalue weighted by atomic mass is 32.2. The summed E-state index contributed by atoms with van der Waals surface area (Å²) in [5, 5.41) is 17.4. The Labute approximate surface area is 235 Å². The van der Waals surface area contributed by atoms with Crippen LogP contribution >= 0.6 is 0 Å². The lowest BCUT2D eigenvalue weighted by Crippen LogP contribution is -2.48. The van der Waals surface area contributed by atoms with Gasteiger partial charge in [-0.3, -0.25) is 4.79 Å². The first-order valence-electron chi connectivity index (χ1n) is 13.1. The van der Waals surface area contributed by atoms with Gasteiger partial charge in [0.1, 0.15) is 11.9 Å². The third-order valence-electron chi connectivity index (χ3n) is 7.22. The predicted octanol–water partition coefficient (Wildman–Crippen LogP) is 3.52. The van der Waals surface area contributed by atoms with Crippen LogP contribution in [0.5, 0.6) is 5.75 Å². The second kappa shape index (κ2) is 12.2. The number of ether oxygens (including phenoxy) is 1. The maximum absolute atomic E-state index is 13.4. The van der Waals surface area contributed by atoms with Gasteiger partial charge in [0.05, 0.1) is 37.6 Å². The summed E-state index contributed by atoms with van der Waals surface area (Å²) in [7, 11) is -1.97. The molecule has 0 saturated heterocycles. The van der Waals surface area contributed by atoms with Gasteiger partial charge in [-0.15, -0.1) is 0 Å². The average molecular weight is 569 g/mol. The Kier molecular flexibility index (Phi) is 8.97. The van der Waals surface area contributed by atoms with Crippen LogP contribution in [0, 0.1) is 5.92 Å². The standard InChI is InChI=1S/C29H36N4O6S/c1-19-16-33(20(2)18-34)28(35)15-22-14-23(12-13-26(22)39-27(19)17-32(3)40(4,37)38)30-29(36)31-25-11-7-9-21-8-5-6-10-24(21)25/h5-14,19-20,27,34H,15-18H2,1-4H3,(H2,30,31,36)/t19-,20-,27+/m1/s1. The number of anilines is 2. The van der Waals surface area contributed by atoms with Gasteiger partial charge in [-0.2, -0.15) is 0 Å². The topological polar surface area (TPSA) is 128 Å². The molecule has 0 fully saturated rings. The minimum absolute atomic E-state index is 0.0124. The van der Waals surface area contributed by atoms with Gasteiger partial charge >= 0.3 is 6.03 Å². The summed E-state index contributed by atoms with van der Waals surface area (Å²) in [5.41, 5.74) is 1.67. The fraction of sp³-hybridized carbons (Fsp3) is 0.379. The highest BCUT2D eigenvalue weighted by Gasteiger charge is 2.32. The number of nitrogens with zero attached hydrogens (tertiary/aromatic N) is 2. The van der Waals surface area contributed by atoms with Crippen LogP contribution in [0.1, 0.15) is 19.4 Å². The van der Waals surface area contributed by atoms with Crippen LogP contribution in [-0.2, 0) is 21.2 Å². The Morgan fingerprint density at radius 1 is 1.15 bits per heavy atom. The summed E-state index contributed by atoms with van der Waals surface area (Å²) in [6, 6.07) is 17.6. The summed E-state index contributed by atoms with van der Waals surface area (Å²) in [4.78, 5) is 27.9. The van der Waals surface area contributed by atoms with Crippen LogP contribution < -0.4 is 15.4 Å². The maximum atomic E-state index is 13.4. The molecular formula is C29H36N4O6S. The van der Waals surface area contributed by atoms with Crippen LogP contribution in [-0.4, -0.2) is 79.8 Å². The molecule has 0 aliphatic carbocycles. The van der Waals surface area contributed by atoms with Crippen molar-refractivity contribution in [1.82, 2.24) is 9.21 Å². The Hall–Kier alpha value is -3.67. The lowest BCUT2D eigenvalue weighted by atomic mass is 10.0. The van der Waals surface area contributed by atoms with Crippen LogP contribution in [0.15, 0.2) is 60.7 Å². The quantitative estimate of drug-likeness (QED) is 0.400. The van der Waals surface area contributed by atoms with Crippen molar-refractivity contribution in [2.75, 3.05) is 43.6 Å². The number of urea groups is 1. The van der Waals surface area contributed by atoms with E-state index in [1.165, 1.54) is 11.4 Å². The molecular weight excluding hydrogens is 532 g/mol. The molecule has 3 aromatic rings. The Morgan fingerprint density at radius 3 is 2.60 bits per heavy atom. The molecule has 4 rings (SSSR count). The van der Waals surface area contributed by atoms with Crippen molar-refractivity contribution in [1.29, 1.82) is 0 Å². The molecule has 10 nitrogen and oxygen atoms in total. The van der Waals surface area contributed by atoms with Crippen molar-refractivity contribution in [2.45, 2.75) is 32.4 Å². The number of hydrogen-bond donors (Lipinski definition) is 3. The summed E-state index contributed by atoms with van der Waals surface area (Å²) in [5.74, 6) is -0.00397. The second-order valence-corrected chi connectivity index (χ2v) is 12.4. The molecule has 214 valence electrons. The molecule has 1 aliphatic heterocycles. The van der Waals surface area contributed by atoms with E-state index in [2.05, 4.69) is 10.6 Å². The number of likely N-dealkylation sites (N-methyl/N-ethyl adjacent to an activating group) is 1. The van der Waals surface area contributed by atoms with Gasteiger partial charge in [-0.05, 0) is 36.6 Å². The summed E-state index contributed by atoms with van der Waals surface area (Å²) >= 11 is 0. The van der Waals surface area contributed by atoms with Gasteiger partial charge in [0.15, 0.2) is 0 Å². The lowest BCUT2D eigenvalue weighted by Gasteiger charge is -2.33. The molecule has 0 bridgehead atoms. The van der Waals surface area contributed by atoms with Crippen molar-refractivity contribution < 1.29 is 27.9 Å². The smallest absolute Gasteiger partial charge is 0.323 e. The first kappa shape index (κ1) is 29.3. The molecule has 0 unspecified atom stereocenters. The molecule has 1 aliphatic rings.